The monoisotopic (exact) mass is 467 g/mol. The highest BCUT2D eigenvalue weighted by Crippen LogP contribution is 2.34. The molecule has 6 nitrogen and oxygen atoms in total. The molecule has 0 bridgehead atoms. The predicted molar refractivity (Wildman–Crippen MR) is 123 cm³/mol. The molecule has 4 rings (SSSR count). The Morgan fingerprint density at radius 3 is 2.19 bits per heavy atom. The topological polar surface area (TPSA) is 60.9 Å². The molecule has 0 N–H and O–H groups in total. The molecule has 1 aromatic rings. The maximum Gasteiger partial charge on any atom is 0.254 e. The second-order valence-electron chi connectivity index (χ2n) is 9.07. The first kappa shape index (κ1) is 23.0. The van der Waals surface area contributed by atoms with Crippen LogP contribution in [0.1, 0.15) is 68.6 Å². The summed E-state index contributed by atoms with van der Waals surface area (Å²) in [7, 11) is -3.71. The van der Waals surface area contributed by atoms with Gasteiger partial charge in [-0.05, 0) is 63.3 Å². The lowest BCUT2D eigenvalue weighted by atomic mass is 10.0. The number of carbonyl (C=O) groups is 1. The average Bonchev–Trinajstić information content (AvgIpc) is 3.62. The van der Waals surface area contributed by atoms with Gasteiger partial charge in [0.15, 0.2) is 0 Å². The van der Waals surface area contributed by atoms with Crippen molar-refractivity contribution in [2.45, 2.75) is 75.3 Å². The van der Waals surface area contributed by atoms with Crippen molar-refractivity contribution in [3.8, 4) is 0 Å². The van der Waals surface area contributed by atoms with Gasteiger partial charge < -0.3 is 9.80 Å². The number of carbonyl (C=O) groups excluding carboxylic acids is 1. The van der Waals surface area contributed by atoms with Crippen LogP contribution in [0, 0.1) is 0 Å². The summed E-state index contributed by atoms with van der Waals surface area (Å²) in [6, 6.07) is 5.28. The first-order valence-corrected chi connectivity index (χ1v) is 13.6. The van der Waals surface area contributed by atoms with E-state index in [1.807, 2.05) is 4.90 Å². The van der Waals surface area contributed by atoms with Gasteiger partial charge in [-0.1, -0.05) is 31.4 Å². The van der Waals surface area contributed by atoms with Gasteiger partial charge in [0.05, 0.1) is 5.02 Å². The largest absolute Gasteiger partial charge is 0.333 e. The SMILES string of the molecule is CCN1CCC(N(C(=O)c2ccc(Cl)c(S(=O)(=O)N3CCCCCC3)c2)C2CC2)CC1. The Kier molecular flexibility index (Phi) is 7.26. The third kappa shape index (κ3) is 5.10. The standard InChI is InChI=1S/C23H34ClN3O3S/c1-2-25-15-11-20(12-16-25)27(19-8-9-19)23(28)18-7-10-21(24)22(17-18)31(29,30)26-13-5-3-4-6-14-26/h7,10,17,19-20H,2-6,8-9,11-16H2,1H3. The van der Waals surface area contributed by atoms with Gasteiger partial charge in [-0.25, -0.2) is 8.42 Å². The smallest absolute Gasteiger partial charge is 0.254 e. The van der Waals surface area contributed by atoms with Crippen molar-refractivity contribution in [3.05, 3.63) is 28.8 Å². The summed E-state index contributed by atoms with van der Waals surface area (Å²) in [5.41, 5.74) is 0.433. The zero-order valence-electron chi connectivity index (χ0n) is 18.4. The molecule has 1 amide bonds. The van der Waals surface area contributed by atoms with Gasteiger partial charge in [0.25, 0.3) is 5.91 Å². The fourth-order valence-corrected chi connectivity index (χ4v) is 6.92. The second-order valence-corrected chi connectivity index (χ2v) is 11.4. The normalized spacial score (nSPS) is 22.3. The third-order valence-corrected chi connectivity index (χ3v) is 9.31. The van der Waals surface area contributed by atoms with Gasteiger partial charge in [-0.15, -0.1) is 0 Å². The Balaban J connectivity index is 1.58. The third-order valence-electron chi connectivity index (χ3n) is 6.93. The van der Waals surface area contributed by atoms with Gasteiger partial charge in [0.2, 0.25) is 10.0 Å². The van der Waals surface area contributed by atoms with Crippen molar-refractivity contribution in [2.75, 3.05) is 32.7 Å². The first-order chi connectivity index (χ1) is 14.9. The predicted octanol–water partition coefficient (Wildman–Crippen LogP) is 3.99. The quantitative estimate of drug-likeness (QED) is 0.634. The van der Waals surface area contributed by atoms with Crippen LogP contribution in [-0.2, 0) is 10.0 Å². The highest BCUT2D eigenvalue weighted by molar-refractivity contribution is 7.89. The molecule has 3 aliphatic rings. The number of piperidine rings is 1. The Labute approximate surface area is 191 Å². The van der Waals surface area contributed by atoms with E-state index in [9.17, 15) is 13.2 Å². The molecule has 172 valence electrons. The van der Waals surface area contributed by atoms with Gasteiger partial charge in [0.1, 0.15) is 4.90 Å². The van der Waals surface area contributed by atoms with Crippen LogP contribution in [-0.4, -0.2) is 73.2 Å². The lowest BCUT2D eigenvalue weighted by molar-refractivity contribution is 0.0554. The van der Waals surface area contributed by atoms with Crippen molar-refractivity contribution < 1.29 is 13.2 Å². The summed E-state index contributed by atoms with van der Waals surface area (Å²) in [5.74, 6) is -0.0542. The average molecular weight is 468 g/mol. The summed E-state index contributed by atoms with van der Waals surface area (Å²) in [4.78, 5) is 18.1. The zero-order valence-corrected chi connectivity index (χ0v) is 20.0. The minimum absolute atomic E-state index is 0.0542. The number of nitrogens with zero attached hydrogens (tertiary/aromatic N) is 3. The Morgan fingerprint density at radius 1 is 1.00 bits per heavy atom. The highest BCUT2D eigenvalue weighted by atomic mass is 35.5. The molecule has 0 atom stereocenters. The Bertz CT molecular complexity index is 887. The van der Waals surface area contributed by atoms with Crippen LogP contribution in [0.15, 0.2) is 23.1 Å². The van der Waals surface area contributed by atoms with E-state index >= 15 is 0 Å². The molecular weight excluding hydrogens is 434 g/mol. The molecule has 3 fully saturated rings. The van der Waals surface area contributed by atoms with Crippen LogP contribution in [0.25, 0.3) is 0 Å². The van der Waals surface area contributed by atoms with Crippen LogP contribution in [0.4, 0.5) is 0 Å². The Morgan fingerprint density at radius 2 is 1.61 bits per heavy atom. The summed E-state index contributed by atoms with van der Waals surface area (Å²) in [6.07, 6.45) is 7.84. The van der Waals surface area contributed by atoms with E-state index in [0.29, 0.717) is 18.7 Å². The molecule has 1 saturated carbocycles. The molecule has 31 heavy (non-hydrogen) atoms. The Hall–Kier alpha value is -1.15. The van der Waals surface area contributed by atoms with Gasteiger partial charge in [-0.3, -0.25) is 4.79 Å². The van der Waals surface area contributed by atoms with E-state index in [-0.39, 0.29) is 27.9 Å². The maximum atomic E-state index is 13.6. The molecule has 0 spiro atoms. The summed E-state index contributed by atoms with van der Waals surface area (Å²) in [6.45, 7) is 6.25. The molecule has 0 unspecified atom stereocenters. The van der Waals surface area contributed by atoms with E-state index in [1.54, 1.807) is 12.1 Å². The molecule has 2 heterocycles. The maximum absolute atomic E-state index is 13.6. The van der Waals surface area contributed by atoms with Crippen LogP contribution >= 0.6 is 11.6 Å². The number of hydrogen-bond acceptors (Lipinski definition) is 4. The van der Waals surface area contributed by atoms with Crippen molar-refractivity contribution >= 4 is 27.5 Å². The summed E-state index contributed by atoms with van der Waals surface area (Å²) < 4.78 is 28.2. The van der Waals surface area contributed by atoms with Crippen molar-refractivity contribution in [1.29, 1.82) is 0 Å². The van der Waals surface area contributed by atoms with Crippen molar-refractivity contribution in [2.24, 2.45) is 0 Å². The number of benzene rings is 1. The number of hydrogen-bond donors (Lipinski definition) is 0. The van der Waals surface area contributed by atoms with Gasteiger partial charge in [-0.2, -0.15) is 4.31 Å². The molecule has 1 aromatic carbocycles. The number of sulfonamides is 1. The molecular formula is C23H34ClN3O3S. The molecule has 2 aliphatic heterocycles. The lowest BCUT2D eigenvalue weighted by Crippen LogP contribution is -2.48. The number of likely N-dealkylation sites (tertiary alicyclic amines) is 1. The zero-order chi connectivity index (χ0) is 22.0. The van der Waals surface area contributed by atoms with Crippen LogP contribution in [0.2, 0.25) is 5.02 Å². The van der Waals surface area contributed by atoms with E-state index in [0.717, 1.165) is 71.0 Å². The highest BCUT2D eigenvalue weighted by Gasteiger charge is 2.39. The molecule has 8 heteroatoms. The second kappa shape index (κ2) is 9.77. The first-order valence-electron chi connectivity index (χ1n) is 11.8. The van der Waals surface area contributed by atoms with Crippen LogP contribution < -0.4 is 0 Å². The van der Waals surface area contributed by atoms with E-state index in [1.165, 1.54) is 10.4 Å². The van der Waals surface area contributed by atoms with Gasteiger partial charge in [0, 0.05) is 43.8 Å². The number of halogens is 1. The fraction of sp³-hybridized carbons (Fsp3) is 0.696. The molecule has 0 radical (unpaired) electrons. The fourth-order valence-electron chi connectivity index (χ4n) is 4.90. The molecule has 0 aromatic heterocycles. The van der Waals surface area contributed by atoms with Crippen LogP contribution in [0.3, 0.4) is 0 Å². The van der Waals surface area contributed by atoms with Crippen molar-refractivity contribution in [3.63, 3.8) is 0 Å². The number of amides is 1. The minimum atomic E-state index is -3.71. The summed E-state index contributed by atoms with van der Waals surface area (Å²) >= 11 is 6.34. The van der Waals surface area contributed by atoms with Crippen molar-refractivity contribution in [1.82, 2.24) is 14.1 Å². The minimum Gasteiger partial charge on any atom is -0.333 e. The van der Waals surface area contributed by atoms with Crippen LogP contribution in [0.5, 0.6) is 0 Å². The van der Waals surface area contributed by atoms with E-state index < -0.39 is 10.0 Å². The molecule has 2 saturated heterocycles. The molecule has 1 aliphatic carbocycles. The number of rotatable bonds is 6. The lowest BCUT2D eigenvalue weighted by Gasteiger charge is -2.38. The van der Waals surface area contributed by atoms with E-state index in [2.05, 4.69) is 11.8 Å². The summed E-state index contributed by atoms with van der Waals surface area (Å²) in [5, 5.41) is 0.190. The van der Waals surface area contributed by atoms with E-state index in [4.69, 9.17) is 11.6 Å². The van der Waals surface area contributed by atoms with Gasteiger partial charge >= 0.3 is 0 Å².